The second-order valence-corrected chi connectivity index (χ2v) is 10.6. The Morgan fingerprint density at radius 3 is 1.97 bits per heavy atom. The smallest absolute Gasteiger partial charge is 0.146 e. The van der Waals surface area contributed by atoms with Crippen LogP contribution in [0.3, 0.4) is 0 Å². The lowest BCUT2D eigenvalue weighted by molar-refractivity contribution is 0.314. The summed E-state index contributed by atoms with van der Waals surface area (Å²) in [7, 11) is 0. The highest BCUT2D eigenvalue weighted by atomic mass is 32.2. The van der Waals surface area contributed by atoms with Gasteiger partial charge in [-0.15, -0.1) is 11.8 Å². The molecule has 1 aliphatic heterocycles. The number of hydrogen-bond acceptors (Lipinski definition) is 7. The zero-order valence-corrected chi connectivity index (χ0v) is 22.7. The van der Waals surface area contributed by atoms with Gasteiger partial charge in [0.15, 0.2) is 0 Å². The number of thioether (sulfide) groups is 1. The van der Waals surface area contributed by atoms with Gasteiger partial charge in [0.2, 0.25) is 0 Å². The molecule has 0 fully saturated rings. The molecule has 0 spiro atoms. The van der Waals surface area contributed by atoms with Crippen LogP contribution >= 0.6 is 23.5 Å². The summed E-state index contributed by atoms with van der Waals surface area (Å²) in [6, 6.07) is 7.79. The first-order valence-corrected chi connectivity index (χ1v) is 14.4. The highest BCUT2D eigenvalue weighted by molar-refractivity contribution is 8.02. The maximum atomic E-state index is 8.53. The van der Waals surface area contributed by atoms with Crippen LogP contribution in [0.4, 0.5) is 5.69 Å². The number of nitrogen functional groups attached to an aromatic ring is 1. The molecule has 8 heteroatoms. The van der Waals surface area contributed by atoms with Crippen LogP contribution in [0.2, 0.25) is 0 Å². The van der Waals surface area contributed by atoms with Gasteiger partial charge in [-0.25, -0.2) is 0 Å². The number of fused-ring (bicyclic) bond motifs is 1. The maximum Gasteiger partial charge on any atom is 0.146 e. The van der Waals surface area contributed by atoms with Crippen molar-refractivity contribution in [3.63, 3.8) is 0 Å². The van der Waals surface area contributed by atoms with Crippen LogP contribution in [0, 0.1) is 10.8 Å². The Bertz CT molecular complexity index is 1040. The molecule has 6 nitrogen and oxygen atoms in total. The van der Waals surface area contributed by atoms with Crippen molar-refractivity contribution >= 4 is 40.9 Å². The van der Waals surface area contributed by atoms with Crippen molar-refractivity contribution in [2.24, 2.45) is 0 Å². The molecule has 0 atom stereocenters. The Hall–Kier alpha value is -2.32. The van der Waals surface area contributed by atoms with Gasteiger partial charge < -0.3 is 20.5 Å². The Morgan fingerprint density at radius 2 is 1.37 bits per heavy atom. The molecule has 2 aromatic rings. The molecule has 0 amide bonds. The molecule has 0 bridgehead atoms. The SMILES string of the molecule is CCCCCCCCCSc1c(OCC)c2c(c(OCC)c1Sc1ccccc1N)C(=N)NC2=N. The third-order valence-electron chi connectivity index (χ3n) is 5.78. The second kappa shape index (κ2) is 13.7. The van der Waals surface area contributed by atoms with Crippen molar-refractivity contribution < 1.29 is 9.47 Å². The van der Waals surface area contributed by atoms with Gasteiger partial charge in [-0.05, 0) is 38.2 Å². The summed E-state index contributed by atoms with van der Waals surface area (Å²) in [5, 5.41) is 19.9. The molecule has 0 radical (unpaired) electrons. The Kier molecular flexibility index (Phi) is 10.7. The fourth-order valence-corrected chi connectivity index (χ4v) is 6.45. The summed E-state index contributed by atoms with van der Waals surface area (Å²) in [4.78, 5) is 2.80. The van der Waals surface area contributed by atoms with Crippen LogP contribution in [0.25, 0.3) is 0 Å². The average molecular weight is 515 g/mol. The first kappa shape index (κ1) is 27.3. The molecule has 1 aliphatic rings. The molecule has 0 saturated carbocycles. The number of hydrogen-bond donors (Lipinski definition) is 4. The lowest BCUT2D eigenvalue weighted by atomic mass is 10.1. The van der Waals surface area contributed by atoms with Crippen LogP contribution in [-0.4, -0.2) is 30.6 Å². The van der Waals surface area contributed by atoms with Crippen LogP contribution in [0.1, 0.15) is 76.8 Å². The van der Waals surface area contributed by atoms with E-state index in [9.17, 15) is 0 Å². The Labute approximate surface area is 218 Å². The van der Waals surface area contributed by atoms with E-state index in [0.29, 0.717) is 41.5 Å². The van der Waals surface area contributed by atoms with E-state index in [0.717, 1.165) is 26.9 Å². The highest BCUT2D eigenvalue weighted by Crippen LogP contribution is 2.52. The van der Waals surface area contributed by atoms with Crippen molar-refractivity contribution in [3.8, 4) is 11.5 Å². The summed E-state index contributed by atoms with van der Waals surface area (Å²) >= 11 is 3.30. The predicted molar refractivity (Wildman–Crippen MR) is 149 cm³/mol. The van der Waals surface area contributed by atoms with E-state index in [4.69, 9.17) is 26.0 Å². The number of unbranched alkanes of at least 4 members (excludes halogenated alkanes) is 6. The van der Waals surface area contributed by atoms with Crippen LogP contribution in [-0.2, 0) is 0 Å². The number of nitrogens with two attached hydrogens (primary N) is 1. The van der Waals surface area contributed by atoms with Gasteiger partial charge in [0.05, 0.1) is 34.1 Å². The molecule has 0 unspecified atom stereocenters. The summed E-state index contributed by atoms with van der Waals surface area (Å²) in [5.41, 5.74) is 8.21. The number of rotatable bonds is 15. The van der Waals surface area contributed by atoms with Crippen LogP contribution in [0.15, 0.2) is 39.0 Å². The molecule has 0 saturated heterocycles. The lowest BCUT2D eigenvalue weighted by Crippen LogP contribution is -2.20. The minimum atomic E-state index is 0.168. The quantitative estimate of drug-likeness (QED) is 0.113. The van der Waals surface area contributed by atoms with E-state index in [1.165, 1.54) is 38.5 Å². The van der Waals surface area contributed by atoms with Crippen molar-refractivity contribution in [2.45, 2.75) is 80.4 Å². The molecule has 5 N–H and O–H groups in total. The third-order valence-corrected chi connectivity index (χ3v) is 8.26. The molecular formula is C27H38N4O2S2. The minimum Gasteiger partial charge on any atom is -0.492 e. The van der Waals surface area contributed by atoms with E-state index in [1.807, 2.05) is 38.1 Å². The number of anilines is 1. The first-order chi connectivity index (χ1) is 17.0. The van der Waals surface area contributed by atoms with E-state index in [1.54, 1.807) is 23.5 Å². The Morgan fingerprint density at radius 1 is 0.800 bits per heavy atom. The monoisotopic (exact) mass is 514 g/mol. The van der Waals surface area contributed by atoms with E-state index < -0.39 is 0 Å². The number of para-hydroxylation sites is 1. The largest absolute Gasteiger partial charge is 0.492 e. The standard InChI is InChI=1S/C27H38N4O2S2/c1-4-7-8-9-10-11-14-17-34-24-22(32-5-2)20-21(27(30)31-26(20)29)23(33-6-3)25(24)35-19-16-13-12-15-18(19)28/h12-13,15-16H,4-11,14,17,28H2,1-3H3,(H3,29,30,31). The number of benzene rings is 2. The molecule has 0 aliphatic carbocycles. The van der Waals surface area contributed by atoms with Crippen molar-refractivity contribution in [1.29, 1.82) is 10.8 Å². The van der Waals surface area contributed by atoms with E-state index in [-0.39, 0.29) is 11.7 Å². The van der Waals surface area contributed by atoms with Crippen molar-refractivity contribution in [3.05, 3.63) is 35.4 Å². The van der Waals surface area contributed by atoms with Gasteiger partial charge in [-0.1, -0.05) is 69.3 Å². The minimum absolute atomic E-state index is 0.168. The maximum absolute atomic E-state index is 8.53. The fourth-order valence-electron chi connectivity index (χ4n) is 4.09. The lowest BCUT2D eigenvalue weighted by Gasteiger charge is -2.22. The fraction of sp³-hybridized carbons (Fsp3) is 0.481. The zero-order valence-electron chi connectivity index (χ0n) is 21.1. The topological polar surface area (TPSA) is 104 Å². The average Bonchev–Trinajstić information content (AvgIpc) is 3.14. The van der Waals surface area contributed by atoms with Crippen LogP contribution in [0.5, 0.6) is 11.5 Å². The number of nitrogens with one attached hydrogen (secondary N) is 3. The molecular weight excluding hydrogens is 476 g/mol. The molecule has 35 heavy (non-hydrogen) atoms. The van der Waals surface area contributed by atoms with Gasteiger partial charge in [-0.3, -0.25) is 10.8 Å². The number of amidine groups is 2. The highest BCUT2D eigenvalue weighted by Gasteiger charge is 2.35. The van der Waals surface area contributed by atoms with Crippen LogP contribution < -0.4 is 20.5 Å². The molecule has 3 rings (SSSR count). The van der Waals surface area contributed by atoms with Crippen molar-refractivity contribution in [2.75, 3.05) is 24.7 Å². The summed E-state index contributed by atoms with van der Waals surface area (Å²) in [6.07, 6.45) is 8.80. The zero-order chi connectivity index (χ0) is 25.2. The molecule has 0 aromatic heterocycles. The normalized spacial score (nSPS) is 12.5. The van der Waals surface area contributed by atoms with Gasteiger partial charge in [0.25, 0.3) is 0 Å². The van der Waals surface area contributed by atoms with Gasteiger partial charge in [0, 0.05) is 10.6 Å². The van der Waals surface area contributed by atoms with Gasteiger partial charge in [-0.2, -0.15) is 0 Å². The number of ether oxygens (including phenoxy) is 2. The van der Waals surface area contributed by atoms with Gasteiger partial charge in [0.1, 0.15) is 23.2 Å². The molecule has 2 aromatic carbocycles. The third kappa shape index (κ3) is 6.67. The first-order valence-electron chi connectivity index (χ1n) is 12.6. The Balaban J connectivity index is 2.00. The summed E-state index contributed by atoms with van der Waals surface area (Å²) < 4.78 is 12.3. The van der Waals surface area contributed by atoms with E-state index >= 15 is 0 Å². The summed E-state index contributed by atoms with van der Waals surface area (Å²) in [6.45, 7) is 7.07. The second-order valence-electron chi connectivity index (χ2n) is 8.42. The summed E-state index contributed by atoms with van der Waals surface area (Å²) in [5.74, 6) is 2.59. The van der Waals surface area contributed by atoms with Crippen molar-refractivity contribution in [1.82, 2.24) is 5.32 Å². The van der Waals surface area contributed by atoms with Gasteiger partial charge >= 0.3 is 0 Å². The predicted octanol–water partition coefficient (Wildman–Crippen LogP) is 7.31. The molecule has 1 heterocycles. The van der Waals surface area contributed by atoms with E-state index in [2.05, 4.69) is 12.2 Å². The molecule has 190 valence electrons.